The second kappa shape index (κ2) is 10.2. The van der Waals surface area contributed by atoms with Gasteiger partial charge in [0.2, 0.25) is 5.76 Å². The van der Waals surface area contributed by atoms with E-state index in [0.29, 0.717) is 24.8 Å². The van der Waals surface area contributed by atoms with E-state index in [1.807, 2.05) is 6.92 Å². The molecule has 0 rings (SSSR count). The fourth-order valence-corrected chi connectivity index (χ4v) is 1.25. The molecule has 0 atom stereocenters. The van der Waals surface area contributed by atoms with E-state index in [-0.39, 0.29) is 19.0 Å². The maximum absolute atomic E-state index is 11.3. The fourth-order valence-electron chi connectivity index (χ4n) is 1.25. The molecule has 5 nitrogen and oxygen atoms in total. The first kappa shape index (κ1) is 17.2. The molecule has 0 saturated heterocycles. The molecule has 0 bridgehead atoms. The predicted molar refractivity (Wildman–Crippen MR) is 71.6 cm³/mol. The first-order valence-corrected chi connectivity index (χ1v) is 6.38. The van der Waals surface area contributed by atoms with Gasteiger partial charge in [0.15, 0.2) is 0 Å². The van der Waals surface area contributed by atoms with Crippen LogP contribution in [0.4, 0.5) is 0 Å². The second-order valence-corrected chi connectivity index (χ2v) is 4.04. The number of carbonyl (C=O) groups is 2. The normalized spacial score (nSPS) is 12.2. The van der Waals surface area contributed by atoms with Crippen LogP contribution in [0.3, 0.4) is 0 Å². The summed E-state index contributed by atoms with van der Waals surface area (Å²) in [6, 6.07) is 0. The average molecular weight is 270 g/mol. The number of ether oxygens (including phenoxy) is 2. The Morgan fingerprint density at radius 3 is 2.47 bits per heavy atom. The highest BCUT2D eigenvalue weighted by molar-refractivity contribution is 5.86. The van der Waals surface area contributed by atoms with E-state index in [1.165, 1.54) is 6.08 Å². The number of esters is 2. The first-order valence-electron chi connectivity index (χ1n) is 6.38. The van der Waals surface area contributed by atoms with Crippen LogP contribution in [0.15, 0.2) is 23.5 Å². The second-order valence-electron chi connectivity index (χ2n) is 4.04. The first-order chi connectivity index (χ1) is 9.02. The summed E-state index contributed by atoms with van der Waals surface area (Å²) in [5.41, 5.74) is 0.531. The number of hydrogen-bond acceptors (Lipinski definition) is 5. The van der Waals surface area contributed by atoms with Gasteiger partial charge in [-0.2, -0.15) is 0 Å². The Morgan fingerprint density at radius 2 is 1.89 bits per heavy atom. The van der Waals surface area contributed by atoms with Crippen molar-refractivity contribution in [3.8, 4) is 0 Å². The van der Waals surface area contributed by atoms with Crippen molar-refractivity contribution in [1.82, 2.24) is 0 Å². The Labute approximate surface area is 113 Å². The molecule has 0 aromatic carbocycles. The minimum Gasteiger partial charge on any atom is -0.502 e. The molecule has 19 heavy (non-hydrogen) atoms. The molecule has 0 saturated carbocycles. The molecular formula is C14H22O5. The smallest absolute Gasteiger partial charge is 0.373 e. The third-order valence-electron chi connectivity index (χ3n) is 2.28. The zero-order valence-corrected chi connectivity index (χ0v) is 11.8. The van der Waals surface area contributed by atoms with E-state index in [4.69, 9.17) is 9.47 Å². The van der Waals surface area contributed by atoms with Gasteiger partial charge in [-0.05, 0) is 38.7 Å². The van der Waals surface area contributed by atoms with Crippen molar-refractivity contribution >= 4 is 11.9 Å². The topological polar surface area (TPSA) is 72.8 Å². The molecule has 0 spiro atoms. The van der Waals surface area contributed by atoms with Gasteiger partial charge in [0.1, 0.15) is 0 Å². The van der Waals surface area contributed by atoms with Crippen LogP contribution < -0.4 is 0 Å². The molecule has 0 aliphatic carbocycles. The lowest BCUT2D eigenvalue weighted by Crippen LogP contribution is -2.10. The van der Waals surface area contributed by atoms with Gasteiger partial charge >= 0.3 is 11.9 Å². The Kier molecular flexibility index (Phi) is 9.22. The van der Waals surface area contributed by atoms with E-state index >= 15 is 0 Å². The van der Waals surface area contributed by atoms with Crippen LogP contribution in [0.1, 0.15) is 40.0 Å². The standard InChI is InChI=1S/C14H22O5/c1-4-7-12(15)18-10-6-8-11(3)13(16)14(17)19-9-5-2/h4,7,16H,5-6,8-10H2,1-3H3. The number of rotatable bonds is 8. The molecule has 0 amide bonds. The fraction of sp³-hybridized carbons (Fsp3) is 0.571. The van der Waals surface area contributed by atoms with Crippen molar-refractivity contribution in [2.24, 2.45) is 0 Å². The Balaban J connectivity index is 4.04. The molecule has 0 unspecified atom stereocenters. The lowest BCUT2D eigenvalue weighted by atomic mass is 10.1. The molecule has 1 N–H and O–H groups in total. The summed E-state index contributed by atoms with van der Waals surface area (Å²) in [7, 11) is 0. The van der Waals surface area contributed by atoms with Crippen molar-refractivity contribution in [2.75, 3.05) is 13.2 Å². The molecule has 0 radical (unpaired) electrons. The number of allylic oxidation sites excluding steroid dienone is 2. The molecule has 0 heterocycles. The van der Waals surface area contributed by atoms with E-state index in [9.17, 15) is 14.7 Å². The van der Waals surface area contributed by atoms with Crippen molar-refractivity contribution < 1.29 is 24.2 Å². The SMILES string of the molecule is CC=CC(=O)OCCCC(C)=C(O)C(=O)OCCC. The van der Waals surface area contributed by atoms with Gasteiger partial charge in [-0.1, -0.05) is 13.0 Å². The Morgan fingerprint density at radius 1 is 1.21 bits per heavy atom. The van der Waals surface area contributed by atoms with Gasteiger partial charge in [-0.25, -0.2) is 9.59 Å². The van der Waals surface area contributed by atoms with E-state index < -0.39 is 11.9 Å². The lowest BCUT2D eigenvalue weighted by Gasteiger charge is -2.06. The molecule has 0 aliphatic heterocycles. The van der Waals surface area contributed by atoms with Crippen molar-refractivity contribution in [3.63, 3.8) is 0 Å². The summed E-state index contributed by atoms with van der Waals surface area (Å²) in [6.07, 6.45) is 4.65. The Bertz CT molecular complexity index is 355. The zero-order chi connectivity index (χ0) is 14.7. The summed E-state index contributed by atoms with van der Waals surface area (Å²) in [5, 5.41) is 9.59. The van der Waals surface area contributed by atoms with Crippen molar-refractivity contribution in [1.29, 1.82) is 0 Å². The van der Waals surface area contributed by atoms with Gasteiger partial charge in [0.25, 0.3) is 0 Å². The van der Waals surface area contributed by atoms with Crippen molar-refractivity contribution in [2.45, 2.75) is 40.0 Å². The van der Waals surface area contributed by atoms with Gasteiger partial charge in [-0.15, -0.1) is 0 Å². The highest BCUT2D eigenvalue weighted by Crippen LogP contribution is 2.10. The minimum absolute atomic E-state index is 0.248. The van der Waals surface area contributed by atoms with Crippen LogP contribution in [0.2, 0.25) is 0 Å². The maximum Gasteiger partial charge on any atom is 0.373 e. The molecule has 0 aromatic rings. The summed E-state index contributed by atoms with van der Waals surface area (Å²) in [5.74, 6) is -1.45. The monoisotopic (exact) mass is 270 g/mol. The third kappa shape index (κ3) is 8.02. The maximum atomic E-state index is 11.3. The minimum atomic E-state index is -0.703. The van der Waals surface area contributed by atoms with E-state index in [1.54, 1.807) is 19.9 Å². The largest absolute Gasteiger partial charge is 0.502 e. The van der Waals surface area contributed by atoms with Crippen LogP contribution in [0.25, 0.3) is 0 Å². The summed E-state index contributed by atoms with van der Waals surface area (Å²) >= 11 is 0. The zero-order valence-electron chi connectivity index (χ0n) is 11.8. The van der Waals surface area contributed by atoms with E-state index in [0.717, 1.165) is 0 Å². The van der Waals surface area contributed by atoms with Gasteiger partial charge in [0.05, 0.1) is 13.2 Å². The van der Waals surface area contributed by atoms with Crippen LogP contribution in [0.5, 0.6) is 0 Å². The summed E-state index contributed by atoms with van der Waals surface area (Å²) < 4.78 is 9.70. The van der Waals surface area contributed by atoms with Crippen LogP contribution >= 0.6 is 0 Å². The van der Waals surface area contributed by atoms with E-state index in [2.05, 4.69) is 0 Å². The quantitative estimate of drug-likeness (QED) is 0.318. The molecular weight excluding hydrogens is 248 g/mol. The number of aliphatic hydroxyl groups excluding tert-OH is 1. The average Bonchev–Trinajstić information content (AvgIpc) is 2.40. The lowest BCUT2D eigenvalue weighted by molar-refractivity contribution is -0.142. The van der Waals surface area contributed by atoms with Gasteiger partial charge in [-0.3, -0.25) is 0 Å². The molecule has 0 aromatic heterocycles. The molecule has 0 aliphatic rings. The third-order valence-corrected chi connectivity index (χ3v) is 2.28. The van der Waals surface area contributed by atoms with Gasteiger partial charge in [0, 0.05) is 6.08 Å². The highest BCUT2D eigenvalue weighted by Gasteiger charge is 2.12. The Hall–Kier alpha value is -1.78. The van der Waals surface area contributed by atoms with Crippen LogP contribution in [-0.2, 0) is 19.1 Å². The van der Waals surface area contributed by atoms with Gasteiger partial charge < -0.3 is 14.6 Å². The van der Waals surface area contributed by atoms with Crippen LogP contribution in [0, 0.1) is 0 Å². The molecule has 108 valence electrons. The number of aliphatic hydroxyl groups is 1. The summed E-state index contributed by atoms with van der Waals surface area (Å²) in [4.78, 5) is 22.3. The van der Waals surface area contributed by atoms with Crippen LogP contribution in [-0.4, -0.2) is 30.3 Å². The highest BCUT2D eigenvalue weighted by atomic mass is 16.5. The predicted octanol–water partition coefficient (Wildman–Crippen LogP) is 2.67. The number of hydrogen-bond donors (Lipinski definition) is 1. The molecule has 0 fully saturated rings. The van der Waals surface area contributed by atoms with Crippen molar-refractivity contribution in [3.05, 3.63) is 23.5 Å². The summed E-state index contributed by atoms with van der Waals surface area (Å²) in [6.45, 7) is 5.79. The molecule has 5 heteroatoms. The number of carbonyl (C=O) groups excluding carboxylic acids is 2.